The predicted molar refractivity (Wildman–Crippen MR) is 115 cm³/mol. The first-order chi connectivity index (χ1) is 15.8. The van der Waals surface area contributed by atoms with Crippen LogP contribution in [-0.2, 0) is 0 Å². The summed E-state index contributed by atoms with van der Waals surface area (Å²) in [6, 6.07) is 13.8. The number of benzene rings is 2. The molecule has 0 radical (unpaired) electrons. The Labute approximate surface area is 187 Å². The van der Waals surface area contributed by atoms with Gasteiger partial charge in [0.05, 0.1) is 18.3 Å². The lowest BCUT2D eigenvalue weighted by Crippen LogP contribution is -2.37. The van der Waals surface area contributed by atoms with Crippen LogP contribution in [0.4, 0.5) is 24.7 Å². The van der Waals surface area contributed by atoms with Crippen molar-refractivity contribution in [1.82, 2.24) is 14.9 Å². The number of aromatic nitrogens is 2. The molecule has 172 valence electrons. The minimum atomic E-state index is -4.75. The van der Waals surface area contributed by atoms with Crippen molar-refractivity contribution < 1.29 is 27.8 Å². The second-order valence-electron chi connectivity index (χ2n) is 7.54. The molecule has 1 atom stereocenters. The maximum atomic E-state index is 12.9. The fourth-order valence-electron chi connectivity index (χ4n) is 3.74. The quantitative estimate of drug-likeness (QED) is 0.570. The minimum Gasteiger partial charge on any atom is -0.406 e. The SMILES string of the molecule is O=C(c1cccc(-c2cc(Nc3ccc(OC(F)(F)F)cc3)ncn2)c1)N1CCC[C@H]1CO. The summed E-state index contributed by atoms with van der Waals surface area (Å²) in [4.78, 5) is 23.0. The highest BCUT2D eigenvalue weighted by Gasteiger charge is 2.31. The van der Waals surface area contributed by atoms with Crippen LogP contribution in [0.1, 0.15) is 23.2 Å². The topological polar surface area (TPSA) is 87.6 Å². The van der Waals surface area contributed by atoms with Crippen molar-refractivity contribution in [1.29, 1.82) is 0 Å². The lowest BCUT2D eigenvalue weighted by atomic mass is 10.1. The molecule has 2 heterocycles. The van der Waals surface area contributed by atoms with Gasteiger partial charge in [0.2, 0.25) is 0 Å². The average molecular weight is 458 g/mol. The third-order valence-electron chi connectivity index (χ3n) is 5.28. The Morgan fingerprint density at radius 2 is 1.94 bits per heavy atom. The van der Waals surface area contributed by atoms with Crippen molar-refractivity contribution in [3.05, 3.63) is 66.5 Å². The molecule has 0 spiro atoms. The molecule has 1 fully saturated rings. The molecule has 1 aliphatic heterocycles. The van der Waals surface area contributed by atoms with E-state index in [0.717, 1.165) is 12.8 Å². The fourth-order valence-corrected chi connectivity index (χ4v) is 3.74. The lowest BCUT2D eigenvalue weighted by molar-refractivity contribution is -0.274. The molecule has 7 nitrogen and oxygen atoms in total. The summed E-state index contributed by atoms with van der Waals surface area (Å²) in [5.41, 5.74) is 2.29. The molecule has 0 unspecified atom stereocenters. The molecule has 0 bridgehead atoms. The van der Waals surface area contributed by atoms with E-state index >= 15 is 0 Å². The van der Waals surface area contributed by atoms with Crippen LogP contribution in [0.5, 0.6) is 5.75 Å². The van der Waals surface area contributed by atoms with E-state index in [1.807, 2.05) is 6.07 Å². The van der Waals surface area contributed by atoms with Gasteiger partial charge in [-0.2, -0.15) is 0 Å². The third-order valence-corrected chi connectivity index (χ3v) is 5.28. The number of ether oxygens (including phenoxy) is 1. The lowest BCUT2D eigenvalue weighted by Gasteiger charge is -2.23. The number of aliphatic hydroxyl groups is 1. The molecule has 1 aromatic heterocycles. The second-order valence-corrected chi connectivity index (χ2v) is 7.54. The number of nitrogens with one attached hydrogen (secondary N) is 1. The van der Waals surface area contributed by atoms with E-state index in [-0.39, 0.29) is 24.3 Å². The summed E-state index contributed by atoms with van der Waals surface area (Å²) in [5.74, 6) is -0.0255. The minimum absolute atomic E-state index is 0.0598. The molecule has 1 amide bonds. The van der Waals surface area contributed by atoms with Gasteiger partial charge in [-0.1, -0.05) is 12.1 Å². The summed E-state index contributed by atoms with van der Waals surface area (Å²) in [6.07, 6.45) is -1.75. The van der Waals surface area contributed by atoms with Gasteiger partial charge in [0.25, 0.3) is 5.91 Å². The highest BCUT2D eigenvalue weighted by Crippen LogP contribution is 2.27. The van der Waals surface area contributed by atoms with E-state index in [0.29, 0.717) is 34.9 Å². The van der Waals surface area contributed by atoms with E-state index < -0.39 is 6.36 Å². The van der Waals surface area contributed by atoms with Crippen LogP contribution in [0.2, 0.25) is 0 Å². The Hall–Kier alpha value is -3.66. The number of nitrogens with zero attached hydrogens (tertiary/aromatic N) is 3. The Kier molecular flexibility index (Phi) is 6.45. The summed E-state index contributed by atoms with van der Waals surface area (Å²) in [5, 5.41) is 12.5. The Morgan fingerprint density at radius 1 is 1.15 bits per heavy atom. The molecule has 0 aliphatic carbocycles. The number of likely N-dealkylation sites (tertiary alicyclic amines) is 1. The number of amides is 1. The number of carbonyl (C=O) groups is 1. The van der Waals surface area contributed by atoms with Gasteiger partial charge in [-0.25, -0.2) is 9.97 Å². The van der Waals surface area contributed by atoms with Gasteiger partial charge in [0.15, 0.2) is 0 Å². The number of halogens is 3. The Morgan fingerprint density at radius 3 is 2.67 bits per heavy atom. The second kappa shape index (κ2) is 9.45. The van der Waals surface area contributed by atoms with Crippen molar-refractivity contribution in [2.75, 3.05) is 18.5 Å². The molecule has 1 saturated heterocycles. The normalized spacial score (nSPS) is 16.0. The first-order valence-electron chi connectivity index (χ1n) is 10.3. The van der Waals surface area contributed by atoms with Crippen molar-refractivity contribution in [3.8, 4) is 17.0 Å². The number of rotatable bonds is 6. The van der Waals surface area contributed by atoms with Gasteiger partial charge < -0.3 is 20.1 Å². The summed E-state index contributed by atoms with van der Waals surface area (Å²) in [7, 11) is 0. The number of hydrogen-bond donors (Lipinski definition) is 2. The van der Waals surface area contributed by atoms with Gasteiger partial charge in [-0.15, -0.1) is 13.2 Å². The Bertz CT molecular complexity index is 1120. The smallest absolute Gasteiger partial charge is 0.406 e. The predicted octanol–water partition coefficient (Wildman–Crippen LogP) is 4.38. The van der Waals surface area contributed by atoms with E-state index in [2.05, 4.69) is 20.0 Å². The largest absolute Gasteiger partial charge is 0.573 e. The van der Waals surface area contributed by atoms with Crippen LogP contribution in [0.15, 0.2) is 60.9 Å². The van der Waals surface area contributed by atoms with Crippen LogP contribution < -0.4 is 10.1 Å². The first kappa shape index (κ1) is 22.5. The van der Waals surface area contributed by atoms with E-state index in [9.17, 15) is 23.1 Å². The molecule has 1 aliphatic rings. The molecule has 10 heteroatoms. The summed E-state index contributed by atoms with van der Waals surface area (Å²) in [6.45, 7) is 0.554. The molecular weight excluding hydrogens is 437 g/mol. The van der Waals surface area contributed by atoms with Crippen molar-refractivity contribution >= 4 is 17.4 Å². The zero-order chi connectivity index (χ0) is 23.4. The van der Waals surface area contributed by atoms with Crippen molar-refractivity contribution in [2.24, 2.45) is 0 Å². The van der Waals surface area contributed by atoms with E-state index in [1.165, 1.54) is 30.6 Å². The van der Waals surface area contributed by atoms with Gasteiger partial charge in [0.1, 0.15) is 17.9 Å². The van der Waals surface area contributed by atoms with Crippen molar-refractivity contribution in [2.45, 2.75) is 25.2 Å². The molecule has 33 heavy (non-hydrogen) atoms. The van der Waals surface area contributed by atoms with Crippen LogP contribution in [0.25, 0.3) is 11.3 Å². The number of carbonyl (C=O) groups excluding carboxylic acids is 1. The molecule has 2 N–H and O–H groups in total. The molecular formula is C23H21F3N4O3. The maximum absolute atomic E-state index is 12.9. The number of aliphatic hydroxyl groups excluding tert-OH is 1. The van der Waals surface area contributed by atoms with Crippen LogP contribution in [0, 0.1) is 0 Å². The van der Waals surface area contributed by atoms with Gasteiger partial charge in [-0.05, 0) is 49.2 Å². The fraction of sp³-hybridized carbons (Fsp3) is 0.261. The zero-order valence-electron chi connectivity index (χ0n) is 17.4. The molecule has 4 rings (SSSR count). The highest BCUT2D eigenvalue weighted by molar-refractivity contribution is 5.95. The number of hydrogen-bond acceptors (Lipinski definition) is 6. The van der Waals surface area contributed by atoms with Gasteiger partial charge in [-0.3, -0.25) is 4.79 Å². The van der Waals surface area contributed by atoms with Crippen molar-refractivity contribution in [3.63, 3.8) is 0 Å². The Balaban J connectivity index is 1.50. The van der Waals surface area contributed by atoms with E-state index in [1.54, 1.807) is 29.2 Å². The standard InChI is InChI=1S/C23H21F3N4O3/c24-23(25,26)33-19-8-6-17(7-9-19)29-21-12-20(27-14-28-21)15-3-1-4-16(11-15)22(32)30-10-2-5-18(30)13-31/h1,3-4,6-9,11-12,14,18,31H,2,5,10,13H2,(H,27,28,29)/t18-/m0/s1. The number of anilines is 2. The third kappa shape index (κ3) is 5.58. The van der Waals surface area contributed by atoms with Crippen LogP contribution >= 0.6 is 0 Å². The van der Waals surface area contributed by atoms with Crippen LogP contribution in [-0.4, -0.2) is 51.4 Å². The average Bonchev–Trinajstić information content (AvgIpc) is 3.28. The van der Waals surface area contributed by atoms with Gasteiger partial charge in [0, 0.05) is 29.4 Å². The molecule has 2 aromatic carbocycles. The first-order valence-corrected chi connectivity index (χ1v) is 10.3. The zero-order valence-corrected chi connectivity index (χ0v) is 17.4. The summed E-state index contributed by atoms with van der Waals surface area (Å²) < 4.78 is 40.8. The van der Waals surface area contributed by atoms with E-state index in [4.69, 9.17) is 0 Å². The van der Waals surface area contributed by atoms with Crippen LogP contribution in [0.3, 0.4) is 0 Å². The monoisotopic (exact) mass is 458 g/mol. The highest BCUT2D eigenvalue weighted by atomic mass is 19.4. The summed E-state index contributed by atoms with van der Waals surface area (Å²) >= 11 is 0. The number of alkyl halides is 3. The molecule has 3 aromatic rings. The molecule has 0 saturated carbocycles. The van der Waals surface area contributed by atoms with Gasteiger partial charge >= 0.3 is 6.36 Å². The maximum Gasteiger partial charge on any atom is 0.573 e.